The molecule has 0 saturated heterocycles. The molecule has 5 nitrogen and oxygen atoms in total. The highest BCUT2D eigenvalue weighted by Gasteiger charge is 2.16. The maximum absolute atomic E-state index is 11.9. The third-order valence-electron chi connectivity index (χ3n) is 3.91. The molecule has 0 fully saturated rings. The Hall–Kier alpha value is -2.18. The van der Waals surface area contributed by atoms with E-state index in [0.29, 0.717) is 0 Å². The molecule has 1 heterocycles. The van der Waals surface area contributed by atoms with Crippen molar-refractivity contribution < 1.29 is 9.59 Å². The van der Waals surface area contributed by atoms with Crippen LogP contribution in [0.2, 0.25) is 0 Å². The number of thiophene rings is 1. The number of hydrogen-bond acceptors (Lipinski definition) is 4. The number of nitrogens with one attached hydrogen (secondary N) is 3. The Morgan fingerprint density at radius 3 is 2.52 bits per heavy atom. The van der Waals surface area contributed by atoms with Gasteiger partial charge in [-0.25, -0.2) is 4.79 Å². The summed E-state index contributed by atoms with van der Waals surface area (Å²) in [5, 5.41) is 9.90. The molecule has 6 heteroatoms. The first-order valence-corrected chi connectivity index (χ1v) is 9.39. The molecule has 2 aromatic rings. The fraction of sp³-hybridized carbons (Fsp3) is 0.368. The highest BCUT2D eigenvalue weighted by Crippen LogP contribution is 2.26. The Bertz CT molecular complexity index is 668. The molecule has 3 N–H and O–H groups in total. The number of carbonyl (C=O) groups excluding carboxylic acids is 2. The van der Waals surface area contributed by atoms with Gasteiger partial charge < -0.3 is 5.32 Å². The average Bonchev–Trinajstić information content (AvgIpc) is 3.15. The monoisotopic (exact) mass is 359 g/mol. The lowest BCUT2D eigenvalue weighted by Crippen LogP contribution is -2.42. The van der Waals surface area contributed by atoms with Crippen LogP contribution in [0, 0.1) is 0 Å². The molecule has 0 saturated carbocycles. The third-order valence-corrected chi connectivity index (χ3v) is 4.84. The van der Waals surface area contributed by atoms with E-state index in [9.17, 15) is 9.59 Å². The van der Waals surface area contributed by atoms with Gasteiger partial charge in [-0.2, -0.15) is 0 Å². The van der Waals surface area contributed by atoms with E-state index < -0.39 is 6.03 Å². The van der Waals surface area contributed by atoms with Crippen LogP contribution >= 0.6 is 11.3 Å². The summed E-state index contributed by atoms with van der Waals surface area (Å²) in [7, 11) is 1.48. The first-order valence-electron chi connectivity index (χ1n) is 8.51. The smallest absolute Gasteiger partial charge is 0.321 e. The van der Waals surface area contributed by atoms with Crippen molar-refractivity contribution in [2.75, 3.05) is 13.6 Å². The van der Waals surface area contributed by atoms with Gasteiger partial charge in [0, 0.05) is 11.9 Å². The summed E-state index contributed by atoms with van der Waals surface area (Å²) in [6.45, 7) is 2.25. The Morgan fingerprint density at radius 1 is 1.16 bits per heavy atom. The summed E-state index contributed by atoms with van der Waals surface area (Å²) in [6, 6.07) is 12.0. The number of rotatable bonds is 8. The molecule has 0 aliphatic heterocycles. The van der Waals surface area contributed by atoms with Crippen molar-refractivity contribution in [2.24, 2.45) is 0 Å². The number of amides is 3. The molecule has 2 rings (SSSR count). The highest BCUT2D eigenvalue weighted by atomic mass is 32.1. The molecule has 0 unspecified atom stereocenters. The van der Waals surface area contributed by atoms with E-state index in [1.807, 2.05) is 17.5 Å². The highest BCUT2D eigenvalue weighted by molar-refractivity contribution is 7.10. The van der Waals surface area contributed by atoms with E-state index in [4.69, 9.17) is 0 Å². The van der Waals surface area contributed by atoms with Crippen LogP contribution in [0.25, 0.3) is 0 Å². The van der Waals surface area contributed by atoms with Gasteiger partial charge in [0.05, 0.1) is 12.6 Å². The Balaban J connectivity index is 2.06. The maximum atomic E-state index is 11.9. The standard InChI is InChI=1S/C19H25N3O2S/c1-3-4-6-14-8-10-15(11-9-14)18(16-7-5-12-25-16)21-13-17(23)22-19(24)20-2/h5,7-12,18,21H,3-4,6,13H2,1-2H3,(H2,20,22,23,24)/t18-/m0/s1. The van der Waals surface area contributed by atoms with E-state index in [2.05, 4.69) is 47.1 Å². The Kier molecular flexibility index (Phi) is 7.63. The zero-order valence-electron chi connectivity index (χ0n) is 14.7. The lowest BCUT2D eigenvalue weighted by Gasteiger charge is -2.18. The molecule has 0 spiro atoms. The molecule has 1 atom stereocenters. The van der Waals surface area contributed by atoms with Crippen molar-refractivity contribution >= 4 is 23.3 Å². The summed E-state index contributed by atoms with van der Waals surface area (Å²) >= 11 is 1.64. The Morgan fingerprint density at radius 2 is 1.92 bits per heavy atom. The summed E-state index contributed by atoms with van der Waals surface area (Å²) in [4.78, 5) is 24.2. The molecule has 0 bridgehead atoms. The average molecular weight is 359 g/mol. The van der Waals surface area contributed by atoms with Crippen LogP contribution in [0.15, 0.2) is 41.8 Å². The molecular weight excluding hydrogens is 334 g/mol. The van der Waals surface area contributed by atoms with Crippen LogP contribution in [-0.2, 0) is 11.2 Å². The maximum Gasteiger partial charge on any atom is 0.321 e. The molecule has 134 valence electrons. The topological polar surface area (TPSA) is 70.2 Å². The second-order valence-corrected chi connectivity index (χ2v) is 6.78. The summed E-state index contributed by atoms with van der Waals surface area (Å²) in [6.07, 6.45) is 3.45. The lowest BCUT2D eigenvalue weighted by atomic mass is 10.0. The minimum atomic E-state index is -0.500. The van der Waals surface area contributed by atoms with Gasteiger partial charge in [0.25, 0.3) is 0 Å². The van der Waals surface area contributed by atoms with Crippen molar-refractivity contribution in [1.82, 2.24) is 16.0 Å². The van der Waals surface area contributed by atoms with Crippen molar-refractivity contribution in [3.05, 3.63) is 57.8 Å². The van der Waals surface area contributed by atoms with Gasteiger partial charge in [0.1, 0.15) is 0 Å². The van der Waals surface area contributed by atoms with Gasteiger partial charge >= 0.3 is 6.03 Å². The molecule has 0 aliphatic rings. The molecule has 0 radical (unpaired) electrons. The second kappa shape index (κ2) is 9.96. The van der Waals surface area contributed by atoms with E-state index in [1.165, 1.54) is 25.5 Å². The van der Waals surface area contributed by atoms with E-state index in [-0.39, 0.29) is 18.5 Å². The van der Waals surface area contributed by atoms with Gasteiger partial charge in [-0.15, -0.1) is 11.3 Å². The predicted molar refractivity (Wildman–Crippen MR) is 102 cm³/mol. The molecule has 1 aromatic carbocycles. The second-order valence-electron chi connectivity index (χ2n) is 5.80. The van der Waals surface area contributed by atoms with Gasteiger partial charge in [-0.3, -0.25) is 15.4 Å². The van der Waals surface area contributed by atoms with Crippen LogP contribution in [0.1, 0.15) is 41.8 Å². The van der Waals surface area contributed by atoms with Crippen molar-refractivity contribution in [3.8, 4) is 0 Å². The molecule has 25 heavy (non-hydrogen) atoms. The summed E-state index contributed by atoms with van der Waals surface area (Å²) < 4.78 is 0. The predicted octanol–water partition coefficient (Wildman–Crippen LogP) is 3.23. The van der Waals surface area contributed by atoms with Crippen LogP contribution in [0.4, 0.5) is 4.79 Å². The fourth-order valence-corrected chi connectivity index (χ4v) is 3.35. The van der Waals surface area contributed by atoms with Crippen molar-refractivity contribution in [2.45, 2.75) is 32.2 Å². The van der Waals surface area contributed by atoms with Crippen LogP contribution < -0.4 is 16.0 Å². The molecular formula is C19H25N3O2S. The quantitative estimate of drug-likeness (QED) is 0.678. The molecule has 3 amide bonds. The van der Waals surface area contributed by atoms with Crippen LogP contribution in [0.3, 0.4) is 0 Å². The Labute approximate surface area is 152 Å². The fourth-order valence-electron chi connectivity index (χ4n) is 2.52. The third kappa shape index (κ3) is 5.99. The first-order chi connectivity index (χ1) is 12.1. The summed E-state index contributed by atoms with van der Waals surface area (Å²) in [5.74, 6) is -0.361. The number of aryl methyl sites for hydroxylation is 1. The summed E-state index contributed by atoms with van der Waals surface area (Å²) in [5.41, 5.74) is 2.43. The lowest BCUT2D eigenvalue weighted by molar-refractivity contribution is -0.119. The van der Waals surface area contributed by atoms with E-state index in [0.717, 1.165) is 16.9 Å². The molecule has 1 aromatic heterocycles. The van der Waals surface area contributed by atoms with E-state index >= 15 is 0 Å². The number of benzene rings is 1. The van der Waals surface area contributed by atoms with Crippen LogP contribution in [-0.4, -0.2) is 25.5 Å². The number of imide groups is 1. The van der Waals surface area contributed by atoms with E-state index in [1.54, 1.807) is 11.3 Å². The zero-order valence-corrected chi connectivity index (χ0v) is 15.5. The van der Waals surface area contributed by atoms with Crippen molar-refractivity contribution in [1.29, 1.82) is 0 Å². The number of unbranched alkanes of at least 4 members (excludes halogenated alkanes) is 1. The molecule has 0 aliphatic carbocycles. The number of hydrogen-bond donors (Lipinski definition) is 3. The first kappa shape index (κ1) is 19.1. The van der Waals surface area contributed by atoms with Crippen molar-refractivity contribution in [3.63, 3.8) is 0 Å². The minimum absolute atomic E-state index is 0.0631. The van der Waals surface area contributed by atoms with Gasteiger partial charge in [-0.1, -0.05) is 43.7 Å². The number of carbonyl (C=O) groups is 2. The SMILES string of the molecule is CCCCc1ccc([C@H](NCC(=O)NC(=O)NC)c2cccs2)cc1. The van der Waals surface area contributed by atoms with Gasteiger partial charge in [0.2, 0.25) is 5.91 Å². The normalized spacial score (nSPS) is 11.8. The minimum Gasteiger partial charge on any atom is -0.341 e. The number of urea groups is 1. The van der Waals surface area contributed by atoms with Crippen LogP contribution in [0.5, 0.6) is 0 Å². The van der Waals surface area contributed by atoms with Gasteiger partial charge in [0.15, 0.2) is 0 Å². The largest absolute Gasteiger partial charge is 0.341 e. The van der Waals surface area contributed by atoms with Gasteiger partial charge in [-0.05, 0) is 35.4 Å². The zero-order chi connectivity index (χ0) is 18.1.